The van der Waals surface area contributed by atoms with Gasteiger partial charge in [0.05, 0.1) is 12.4 Å². The molecule has 0 aliphatic heterocycles. The van der Waals surface area contributed by atoms with Gasteiger partial charge >= 0.3 is 0 Å². The smallest absolute Gasteiger partial charge is 0.269 e. The van der Waals surface area contributed by atoms with Crippen LogP contribution >= 0.6 is 11.8 Å². The maximum Gasteiger partial charge on any atom is 0.269 e. The van der Waals surface area contributed by atoms with Gasteiger partial charge in [0.1, 0.15) is 11.3 Å². The lowest BCUT2D eigenvalue weighted by Gasteiger charge is -2.11. The van der Waals surface area contributed by atoms with Crippen LogP contribution in [0.4, 0.5) is 5.69 Å². The second-order valence-corrected chi connectivity index (χ2v) is 6.57. The predicted molar refractivity (Wildman–Crippen MR) is 120 cm³/mol. The van der Waals surface area contributed by atoms with Gasteiger partial charge in [-0.2, -0.15) is 0 Å². The van der Waals surface area contributed by atoms with Crippen LogP contribution in [0.25, 0.3) is 10.8 Å². The Morgan fingerprint density at radius 1 is 1.21 bits per heavy atom. The number of hydrogen-bond donors (Lipinski definition) is 4. The van der Waals surface area contributed by atoms with E-state index >= 15 is 0 Å². The minimum atomic E-state index is -0.599. The number of nitrogens with one attached hydrogen (secondary N) is 3. The first-order valence-electron chi connectivity index (χ1n) is 8.65. The fraction of sp³-hybridized carbons (Fsp3) is 0.200. The maximum atomic E-state index is 11.3. The molecule has 0 radical (unpaired) electrons. The molecule has 0 fully saturated rings. The van der Waals surface area contributed by atoms with Crippen molar-refractivity contribution in [3.8, 4) is 0 Å². The number of nitrogens with zero attached hydrogens (tertiary/aromatic N) is 1. The first-order chi connectivity index (χ1) is 13.9. The SMILES string of the molecule is C=N/C(C(N)=O)=C(/NC)SCNc1ccc2ccccc2c1.CC(=O)NCC=O. The lowest BCUT2D eigenvalue weighted by Crippen LogP contribution is -2.21. The largest absolute Gasteiger partial charge is 0.381 e. The van der Waals surface area contributed by atoms with Gasteiger partial charge in [-0.05, 0) is 29.6 Å². The fourth-order valence-electron chi connectivity index (χ4n) is 2.20. The first kappa shape index (κ1) is 23.7. The molecule has 2 amide bonds. The van der Waals surface area contributed by atoms with Gasteiger partial charge in [-0.15, -0.1) is 0 Å². The van der Waals surface area contributed by atoms with Gasteiger partial charge in [0.25, 0.3) is 5.91 Å². The number of primary amides is 1. The molecule has 2 rings (SSSR count). The van der Waals surface area contributed by atoms with Crippen molar-refractivity contribution in [1.29, 1.82) is 0 Å². The van der Waals surface area contributed by atoms with Crippen molar-refractivity contribution in [2.45, 2.75) is 6.92 Å². The summed E-state index contributed by atoms with van der Waals surface area (Å²) in [5.41, 5.74) is 6.42. The zero-order valence-electron chi connectivity index (χ0n) is 16.4. The van der Waals surface area contributed by atoms with Crippen LogP contribution < -0.4 is 21.7 Å². The topological polar surface area (TPSA) is 126 Å². The normalized spacial score (nSPS) is 10.7. The molecule has 0 saturated heterocycles. The highest BCUT2D eigenvalue weighted by Crippen LogP contribution is 2.21. The van der Waals surface area contributed by atoms with Crippen LogP contribution in [0, 0.1) is 0 Å². The Labute approximate surface area is 174 Å². The summed E-state index contributed by atoms with van der Waals surface area (Å²) in [5.74, 6) is -0.203. The molecule has 29 heavy (non-hydrogen) atoms. The van der Waals surface area contributed by atoms with Crippen molar-refractivity contribution in [1.82, 2.24) is 10.6 Å². The van der Waals surface area contributed by atoms with E-state index in [4.69, 9.17) is 5.73 Å². The molecule has 0 atom stereocenters. The Bertz CT molecular complexity index is 899. The Hall–Kier alpha value is -3.33. The number of carbonyl (C=O) groups excluding carboxylic acids is 3. The number of nitrogens with two attached hydrogens (primary N) is 1. The third-order valence-electron chi connectivity index (χ3n) is 3.51. The molecular weight excluding hydrogens is 390 g/mol. The summed E-state index contributed by atoms with van der Waals surface area (Å²) in [6, 6.07) is 14.3. The molecule has 0 bridgehead atoms. The Balaban J connectivity index is 0.000000516. The molecular formula is C20H25N5O3S. The van der Waals surface area contributed by atoms with E-state index in [2.05, 4.69) is 51.9 Å². The number of aliphatic imine (C=N–C) groups is 1. The van der Waals surface area contributed by atoms with E-state index in [1.807, 2.05) is 18.2 Å². The number of rotatable bonds is 9. The van der Waals surface area contributed by atoms with Gasteiger partial charge in [-0.25, -0.2) is 0 Å². The first-order valence-corrected chi connectivity index (χ1v) is 9.63. The Kier molecular flexibility index (Phi) is 10.6. The van der Waals surface area contributed by atoms with Crippen molar-refractivity contribution >= 4 is 53.0 Å². The maximum absolute atomic E-state index is 11.3. The van der Waals surface area contributed by atoms with E-state index < -0.39 is 5.91 Å². The summed E-state index contributed by atoms with van der Waals surface area (Å²) in [6.45, 7) is 4.85. The minimum Gasteiger partial charge on any atom is -0.381 e. The van der Waals surface area contributed by atoms with Crippen LogP contribution in [-0.2, 0) is 14.4 Å². The molecule has 0 aromatic heterocycles. The second-order valence-electron chi connectivity index (χ2n) is 5.58. The van der Waals surface area contributed by atoms with Gasteiger partial charge in [0.2, 0.25) is 5.91 Å². The Morgan fingerprint density at radius 2 is 1.90 bits per heavy atom. The second kappa shape index (κ2) is 12.9. The van der Waals surface area contributed by atoms with Crippen LogP contribution in [0.5, 0.6) is 0 Å². The molecule has 8 nitrogen and oxygen atoms in total. The highest BCUT2D eigenvalue weighted by Gasteiger charge is 2.10. The summed E-state index contributed by atoms with van der Waals surface area (Å²) in [7, 11) is 1.71. The number of hydrogen-bond acceptors (Lipinski definition) is 7. The van der Waals surface area contributed by atoms with E-state index in [0.717, 1.165) is 5.69 Å². The molecule has 2 aromatic carbocycles. The zero-order chi connectivity index (χ0) is 21.6. The number of fused-ring (bicyclic) bond motifs is 1. The predicted octanol–water partition coefficient (Wildman–Crippen LogP) is 1.84. The summed E-state index contributed by atoms with van der Waals surface area (Å²) in [6.07, 6.45) is 0.640. The lowest BCUT2D eigenvalue weighted by atomic mass is 10.1. The molecule has 0 aliphatic carbocycles. The number of benzene rings is 2. The summed E-state index contributed by atoms with van der Waals surface area (Å²) in [5, 5.41) is 11.5. The van der Waals surface area contributed by atoms with E-state index in [9.17, 15) is 14.4 Å². The monoisotopic (exact) mass is 415 g/mol. The van der Waals surface area contributed by atoms with Gasteiger partial charge in [0, 0.05) is 19.7 Å². The van der Waals surface area contributed by atoms with E-state index in [-0.39, 0.29) is 18.1 Å². The van der Waals surface area contributed by atoms with Crippen molar-refractivity contribution < 1.29 is 14.4 Å². The van der Waals surface area contributed by atoms with Gasteiger partial charge < -0.3 is 26.5 Å². The third-order valence-corrected chi connectivity index (χ3v) is 4.49. The van der Waals surface area contributed by atoms with Crippen molar-refractivity contribution in [3.63, 3.8) is 0 Å². The molecule has 0 aliphatic rings. The Morgan fingerprint density at radius 3 is 2.41 bits per heavy atom. The van der Waals surface area contributed by atoms with Crippen molar-refractivity contribution in [2.24, 2.45) is 10.7 Å². The van der Waals surface area contributed by atoms with Crippen molar-refractivity contribution in [3.05, 3.63) is 53.2 Å². The van der Waals surface area contributed by atoms with Gasteiger partial charge in [-0.3, -0.25) is 14.6 Å². The van der Waals surface area contributed by atoms with E-state index in [1.54, 1.807) is 7.05 Å². The lowest BCUT2D eigenvalue weighted by molar-refractivity contribution is -0.120. The standard InChI is InChI=1S/C16H18N4OS.C4H7NO2/c1-18-14(15(17)21)16(19-2)22-10-20-13-8-7-11-5-3-4-6-12(11)9-13;1-4(7)5-2-3-6/h3-9,19-20H,1,10H2,2H3,(H2,17,21);3H,2H2,1H3,(H,5,7)/b16-14-;. The molecule has 154 valence electrons. The number of amides is 2. The average Bonchev–Trinajstić information content (AvgIpc) is 2.71. The molecule has 0 spiro atoms. The molecule has 0 heterocycles. The van der Waals surface area contributed by atoms with Crippen LogP contribution in [-0.4, -0.2) is 44.3 Å². The van der Waals surface area contributed by atoms with Crippen molar-refractivity contribution in [2.75, 3.05) is 24.8 Å². The highest BCUT2D eigenvalue weighted by atomic mass is 32.2. The zero-order valence-corrected chi connectivity index (χ0v) is 17.2. The van der Waals surface area contributed by atoms with Crippen LogP contribution in [0.2, 0.25) is 0 Å². The van der Waals surface area contributed by atoms with Crippen LogP contribution in [0.1, 0.15) is 6.92 Å². The molecule has 5 N–H and O–H groups in total. The van der Waals surface area contributed by atoms with E-state index in [0.29, 0.717) is 17.2 Å². The molecule has 2 aromatic rings. The summed E-state index contributed by atoms with van der Waals surface area (Å²) >= 11 is 1.41. The molecule has 0 saturated carbocycles. The van der Waals surface area contributed by atoms with Crippen LogP contribution in [0.15, 0.2) is 58.2 Å². The quantitative estimate of drug-likeness (QED) is 0.214. The molecule has 0 unspecified atom stereocenters. The van der Waals surface area contributed by atoms with E-state index in [1.165, 1.54) is 29.5 Å². The molecule has 9 heteroatoms. The van der Waals surface area contributed by atoms with Crippen LogP contribution in [0.3, 0.4) is 0 Å². The number of carbonyl (C=O) groups is 3. The number of anilines is 1. The number of thioether (sulfide) groups is 1. The third kappa shape index (κ3) is 8.48. The fourth-order valence-corrected chi connectivity index (χ4v) is 3.03. The highest BCUT2D eigenvalue weighted by molar-refractivity contribution is 8.03. The average molecular weight is 416 g/mol. The van der Waals surface area contributed by atoms with Gasteiger partial charge in [-0.1, -0.05) is 42.1 Å². The van der Waals surface area contributed by atoms with Gasteiger partial charge in [0.15, 0.2) is 5.70 Å². The summed E-state index contributed by atoms with van der Waals surface area (Å²) in [4.78, 5) is 34.4. The summed E-state index contributed by atoms with van der Waals surface area (Å²) < 4.78 is 0. The minimum absolute atomic E-state index is 0.120. The number of aldehydes is 1.